The highest BCUT2D eigenvalue weighted by molar-refractivity contribution is 7.12. The van der Waals surface area contributed by atoms with Crippen LogP contribution in [0.5, 0.6) is 0 Å². The smallest absolute Gasteiger partial charge is 0.113 e. The van der Waals surface area contributed by atoms with Crippen LogP contribution in [0.25, 0.3) is 10.9 Å². The minimum Gasteiger partial charge on any atom is -0.394 e. The number of aryl methyl sites for hydroxylation is 1. The lowest BCUT2D eigenvalue weighted by Gasteiger charge is -2.40. The first-order chi connectivity index (χ1) is 13.5. The van der Waals surface area contributed by atoms with Crippen LogP contribution >= 0.6 is 11.3 Å². The summed E-state index contributed by atoms with van der Waals surface area (Å²) in [6, 6.07) is 10.0. The molecule has 0 bridgehead atoms. The van der Waals surface area contributed by atoms with Crippen LogP contribution in [-0.4, -0.2) is 56.4 Å². The first kappa shape index (κ1) is 19.6. The van der Waals surface area contributed by atoms with E-state index in [1.807, 2.05) is 35.7 Å². The van der Waals surface area contributed by atoms with Crippen LogP contribution in [0.3, 0.4) is 0 Å². The molecule has 3 heterocycles. The lowest BCUT2D eigenvalue weighted by Crippen LogP contribution is -2.55. The lowest BCUT2D eigenvalue weighted by atomic mass is 9.90. The number of thiophene rings is 1. The van der Waals surface area contributed by atoms with E-state index < -0.39 is 37.1 Å². The van der Waals surface area contributed by atoms with E-state index in [0.29, 0.717) is 5.56 Å². The SMILES string of the molecule is CCc1ccc(Cc2c[nH]c3ccc(C4OC(CO)C(O)C(O)C4O)cc23)s1. The number of aliphatic hydroxyl groups excluding tert-OH is 4. The highest BCUT2D eigenvalue weighted by Gasteiger charge is 2.43. The normalized spacial score (nSPS) is 28.1. The molecule has 0 amide bonds. The molecule has 2 aromatic heterocycles. The Morgan fingerprint density at radius 1 is 1.04 bits per heavy atom. The zero-order chi connectivity index (χ0) is 19.8. The summed E-state index contributed by atoms with van der Waals surface area (Å²) in [4.78, 5) is 5.92. The maximum Gasteiger partial charge on any atom is 0.113 e. The maximum atomic E-state index is 10.4. The Morgan fingerprint density at radius 3 is 2.54 bits per heavy atom. The van der Waals surface area contributed by atoms with Crippen LogP contribution in [0.15, 0.2) is 36.5 Å². The third-order valence-electron chi connectivity index (χ3n) is 5.44. The fraction of sp³-hybridized carbons (Fsp3) is 0.429. The highest BCUT2D eigenvalue weighted by Crippen LogP contribution is 2.34. The van der Waals surface area contributed by atoms with Gasteiger partial charge >= 0.3 is 0 Å². The van der Waals surface area contributed by atoms with Crippen molar-refractivity contribution in [3.8, 4) is 0 Å². The van der Waals surface area contributed by atoms with Crippen molar-refractivity contribution in [2.24, 2.45) is 0 Å². The molecule has 7 heteroatoms. The minimum absolute atomic E-state index is 0.433. The zero-order valence-corrected chi connectivity index (χ0v) is 16.4. The largest absolute Gasteiger partial charge is 0.394 e. The standard InChI is InChI=1S/C21H25NO5S/c1-2-13-4-5-14(28-13)7-12-9-22-16-6-3-11(8-15(12)16)21-20(26)19(25)18(24)17(10-23)27-21/h3-6,8-9,17-26H,2,7,10H2,1H3. The number of aromatic nitrogens is 1. The van der Waals surface area contributed by atoms with Gasteiger partial charge in [-0.25, -0.2) is 0 Å². The van der Waals surface area contributed by atoms with Gasteiger partial charge < -0.3 is 30.1 Å². The Labute approximate surface area is 167 Å². The number of fused-ring (bicyclic) bond motifs is 1. The Kier molecular flexibility index (Phi) is 5.55. The third kappa shape index (κ3) is 3.50. The molecule has 5 unspecified atom stereocenters. The van der Waals surface area contributed by atoms with E-state index in [4.69, 9.17) is 4.74 Å². The molecule has 3 aromatic rings. The van der Waals surface area contributed by atoms with Gasteiger partial charge in [-0.1, -0.05) is 13.0 Å². The van der Waals surface area contributed by atoms with E-state index in [0.717, 1.165) is 29.3 Å². The van der Waals surface area contributed by atoms with Crippen molar-refractivity contribution < 1.29 is 25.2 Å². The number of aliphatic hydroxyl groups is 4. The maximum absolute atomic E-state index is 10.4. The first-order valence-electron chi connectivity index (χ1n) is 9.49. The second-order valence-corrected chi connectivity index (χ2v) is 8.52. The molecule has 5 atom stereocenters. The first-order valence-corrected chi connectivity index (χ1v) is 10.3. The van der Waals surface area contributed by atoms with Crippen molar-refractivity contribution in [3.63, 3.8) is 0 Å². The fourth-order valence-electron chi connectivity index (χ4n) is 3.79. The zero-order valence-electron chi connectivity index (χ0n) is 15.6. The molecule has 1 aliphatic heterocycles. The Balaban J connectivity index is 1.65. The number of H-pyrrole nitrogens is 1. The predicted molar refractivity (Wildman–Crippen MR) is 108 cm³/mol. The van der Waals surface area contributed by atoms with Crippen molar-refractivity contribution >= 4 is 22.2 Å². The van der Waals surface area contributed by atoms with Gasteiger partial charge in [-0.15, -0.1) is 11.3 Å². The van der Waals surface area contributed by atoms with Gasteiger partial charge in [0.05, 0.1) is 6.61 Å². The van der Waals surface area contributed by atoms with Gasteiger partial charge in [0.1, 0.15) is 30.5 Å². The number of hydrogen-bond donors (Lipinski definition) is 5. The van der Waals surface area contributed by atoms with Crippen LogP contribution in [-0.2, 0) is 17.6 Å². The van der Waals surface area contributed by atoms with E-state index in [-0.39, 0.29) is 0 Å². The summed E-state index contributed by atoms with van der Waals surface area (Å²) in [5, 5.41) is 40.9. The summed E-state index contributed by atoms with van der Waals surface area (Å²) in [5.41, 5.74) is 2.83. The molecule has 5 N–H and O–H groups in total. The summed E-state index contributed by atoms with van der Waals surface area (Å²) in [5.74, 6) is 0. The van der Waals surface area contributed by atoms with E-state index in [2.05, 4.69) is 24.0 Å². The van der Waals surface area contributed by atoms with Gasteiger partial charge in [0.2, 0.25) is 0 Å². The van der Waals surface area contributed by atoms with Gasteiger partial charge in [-0.3, -0.25) is 0 Å². The van der Waals surface area contributed by atoms with Crippen molar-refractivity contribution in [2.45, 2.75) is 50.3 Å². The summed E-state index contributed by atoms with van der Waals surface area (Å²) in [6.07, 6.45) is -1.91. The lowest BCUT2D eigenvalue weighted by molar-refractivity contribution is -0.231. The van der Waals surface area contributed by atoms with Crippen molar-refractivity contribution in [1.29, 1.82) is 0 Å². The number of ether oxygens (including phenoxy) is 1. The van der Waals surface area contributed by atoms with Crippen molar-refractivity contribution in [1.82, 2.24) is 4.98 Å². The van der Waals surface area contributed by atoms with E-state index >= 15 is 0 Å². The second kappa shape index (κ2) is 7.94. The van der Waals surface area contributed by atoms with Gasteiger partial charge in [0.15, 0.2) is 0 Å². The molecular formula is C21H25NO5S. The van der Waals surface area contributed by atoms with Crippen LogP contribution in [0.2, 0.25) is 0 Å². The second-order valence-electron chi connectivity index (χ2n) is 7.27. The Morgan fingerprint density at radius 2 is 1.82 bits per heavy atom. The van der Waals surface area contributed by atoms with E-state index in [1.54, 1.807) is 0 Å². The number of benzene rings is 1. The molecule has 1 saturated heterocycles. The Bertz CT molecular complexity index is 949. The van der Waals surface area contributed by atoms with Crippen molar-refractivity contribution in [3.05, 3.63) is 57.4 Å². The number of aromatic amines is 1. The van der Waals surface area contributed by atoms with Gasteiger partial charge in [0.25, 0.3) is 0 Å². The molecular weight excluding hydrogens is 378 g/mol. The molecule has 150 valence electrons. The Hall–Kier alpha value is -1.74. The molecule has 1 aromatic carbocycles. The summed E-state index contributed by atoms with van der Waals surface area (Å²) in [7, 11) is 0. The molecule has 1 aliphatic rings. The summed E-state index contributed by atoms with van der Waals surface area (Å²) < 4.78 is 5.70. The number of nitrogens with one attached hydrogen (secondary N) is 1. The van der Waals surface area contributed by atoms with Crippen LogP contribution in [0.4, 0.5) is 0 Å². The average Bonchev–Trinajstić information content (AvgIpc) is 3.33. The van der Waals surface area contributed by atoms with Gasteiger partial charge in [-0.05, 0) is 41.8 Å². The molecule has 0 spiro atoms. The monoisotopic (exact) mass is 403 g/mol. The fourth-order valence-corrected chi connectivity index (χ4v) is 4.77. The van der Waals surface area contributed by atoms with E-state index in [1.165, 1.54) is 9.75 Å². The highest BCUT2D eigenvalue weighted by atomic mass is 32.1. The molecule has 0 saturated carbocycles. The molecule has 0 radical (unpaired) electrons. The predicted octanol–water partition coefficient (Wildman–Crippen LogP) is 1.90. The summed E-state index contributed by atoms with van der Waals surface area (Å²) >= 11 is 1.81. The van der Waals surface area contributed by atoms with Crippen LogP contribution in [0.1, 0.15) is 33.9 Å². The van der Waals surface area contributed by atoms with Gasteiger partial charge in [-0.2, -0.15) is 0 Å². The quantitative estimate of drug-likeness (QED) is 0.447. The molecule has 0 aliphatic carbocycles. The minimum atomic E-state index is -1.38. The van der Waals surface area contributed by atoms with Gasteiger partial charge in [0, 0.05) is 33.3 Å². The summed E-state index contributed by atoms with van der Waals surface area (Å²) in [6.45, 7) is 1.71. The molecule has 28 heavy (non-hydrogen) atoms. The molecule has 6 nitrogen and oxygen atoms in total. The van der Waals surface area contributed by atoms with Crippen LogP contribution in [0, 0.1) is 0 Å². The van der Waals surface area contributed by atoms with E-state index in [9.17, 15) is 20.4 Å². The average molecular weight is 404 g/mol. The third-order valence-corrected chi connectivity index (χ3v) is 6.67. The molecule has 4 rings (SSSR count). The molecule has 1 fully saturated rings. The number of rotatable bonds is 5. The van der Waals surface area contributed by atoms with Crippen molar-refractivity contribution in [2.75, 3.05) is 6.61 Å². The number of hydrogen-bond acceptors (Lipinski definition) is 6. The topological polar surface area (TPSA) is 106 Å². The van der Waals surface area contributed by atoms with Crippen LogP contribution < -0.4 is 0 Å².